The van der Waals surface area contributed by atoms with Crippen molar-refractivity contribution in [3.8, 4) is 0 Å². The maximum atomic E-state index is 12.8. The Morgan fingerprint density at radius 3 is 2.83 bits per heavy atom. The summed E-state index contributed by atoms with van der Waals surface area (Å²) >= 11 is 5.99. The Morgan fingerprint density at radius 2 is 2.08 bits per heavy atom. The topological polar surface area (TPSA) is 70.5 Å². The summed E-state index contributed by atoms with van der Waals surface area (Å²) in [6.45, 7) is 0.779. The van der Waals surface area contributed by atoms with Crippen molar-refractivity contribution in [2.45, 2.75) is 19.3 Å². The van der Waals surface area contributed by atoms with Crippen molar-refractivity contribution in [1.29, 1.82) is 0 Å². The third kappa shape index (κ3) is 2.26. The van der Waals surface area contributed by atoms with E-state index >= 15 is 0 Å². The second kappa shape index (κ2) is 5.45. The van der Waals surface area contributed by atoms with Crippen LogP contribution in [0.4, 0.5) is 0 Å². The minimum atomic E-state index is -0.779. The SMILES string of the molecule is O=C(c1ccc2ccc(Cl)cc2n1)N1C[C@@H]2CCC[C@@]2(C(=O)O)C1. The van der Waals surface area contributed by atoms with Crippen LogP contribution in [0.5, 0.6) is 0 Å². The van der Waals surface area contributed by atoms with E-state index in [9.17, 15) is 14.7 Å². The van der Waals surface area contributed by atoms with Gasteiger partial charge in [-0.05, 0) is 37.0 Å². The number of benzene rings is 1. The Bertz CT molecular complexity index is 853. The van der Waals surface area contributed by atoms with Crippen molar-refractivity contribution in [2.24, 2.45) is 11.3 Å². The number of nitrogens with zero attached hydrogens (tertiary/aromatic N) is 2. The van der Waals surface area contributed by atoms with E-state index < -0.39 is 11.4 Å². The molecule has 2 aliphatic rings. The first-order chi connectivity index (χ1) is 11.5. The van der Waals surface area contributed by atoms with Gasteiger partial charge in [-0.2, -0.15) is 0 Å². The molecular weight excluding hydrogens is 328 g/mol. The molecular formula is C18H17ClN2O3. The van der Waals surface area contributed by atoms with Crippen LogP contribution in [0.15, 0.2) is 30.3 Å². The molecule has 6 heteroatoms. The predicted octanol–water partition coefficient (Wildman–Crippen LogP) is 3.22. The molecule has 24 heavy (non-hydrogen) atoms. The van der Waals surface area contributed by atoms with Crippen molar-refractivity contribution in [1.82, 2.24) is 9.88 Å². The summed E-state index contributed by atoms with van der Waals surface area (Å²) in [6.07, 6.45) is 2.44. The number of likely N-dealkylation sites (tertiary alicyclic amines) is 1. The Kier molecular flexibility index (Phi) is 3.49. The fourth-order valence-corrected chi connectivity index (χ4v) is 4.33. The molecule has 1 aliphatic heterocycles. The second-order valence-corrected chi connectivity index (χ2v) is 7.21. The average molecular weight is 345 g/mol. The van der Waals surface area contributed by atoms with Crippen molar-refractivity contribution >= 4 is 34.4 Å². The monoisotopic (exact) mass is 344 g/mol. The number of pyridine rings is 1. The molecule has 124 valence electrons. The molecule has 2 heterocycles. The van der Waals surface area contributed by atoms with Gasteiger partial charge < -0.3 is 10.0 Å². The maximum Gasteiger partial charge on any atom is 0.311 e. The molecule has 1 N–H and O–H groups in total. The summed E-state index contributed by atoms with van der Waals surface area (Å²) in [5.74, 6) is -0.931. The molecule has 0 bridgehead atoms. The summed E-state index contributed by atoms with van der Waals surface area (Å²) in [6, 6.07) is 8.91. The third-order valence-corrected chi connectivity index (χ3v) is 5.69. The van der Waals surface area contributed by atoms with E-state index in [-0.39, 0.29) is 18.4 Å². The van der Waals surface area contributed by atoms with Crippen LogP contribution in [-0.4, -0.2) is 40.0 Å². The molecule has 1 aliphatic carbocycles. The van der Waals surface area contributed by atoms with Crippen LogP contribution in [0, 0.1) is 11.3 Å². The van der Waals surface area contributed by atoms with Crippen LogP contribution in [-0.2, 0) is 4.79 Å². The summed E-state index contributed by atoms with van der Waals surface area (Å²) < 4.78 is 0. The average Bonchev–Trinajstić information content (AvgIpc) is 3.11. The van der Waals surface area contributed by atoms with Crippen molar-refractivity contribution in [3.63, 3.8) is 0 Å². The molecule has 1 saturated heterocycles. The summed E-state index contributed by atoms with van der Waals surface area (Å²) in [5.41, 5.74) is 0.237. The van der Waals surface area contributed by atoms with E-state index in [1.165, 1.54) is 0 Å². The number of carbonyl (C=O) groups is 2. The maximum absolute atomic E-state index is 12.8. The smallest absolute Gasteiger partial charge is 0.311 e. The van der Waals surface area contributed by atoms with Gasteiger partial charge in [0.2, 0.25) is 0 Å². The number of rotatable bonds is 2. The van der Waals surface area contributed by atoms with Crippen LogP contribution >= 0.6 is 11.6 Å². The fourth-order valence-electron chi connectivity index (χ4n) is 4.17. The van der Waals surface area contributed by atoms with Crippen molar-refractivity contribution in [2.75, 3.05) is 13.1 Å². The van der Waals surface area contributed by atoms with E-state index in [1.54, 1.807) is 23.1 Å². The zero-order chi connectivity index (χ0) is 16.9. The van der Waals surface area contributed by atoms with Gasteiger partial charge in [0.05, 0.1) is 10.9 Å². The second-order valence-electron chi connectivity index (χ2n) is 6.77. The Hall–Kier alpha value is -2.14. The van der Waals surface area contributed by atoms with Gasteiger partial charge >= 0.3 is 5.97 Å². The van der Waals surface area contributed by atoms with E-state index in [4.69, 9.17) is 11.6 Å². The largest absolute Gasteiger partial charge is 0.481 e. The number of aliphatic carboxylic acids is 1. The highest BCUT2D eigenvalue weighted by molar-refractivity contribution is 6.31. The van der Waals surface area contributed by atoms with Gasteiger partial charge in [0.1, 0.15) is 5.69 Å². The highest BCUT2D eigenvalue weighted by Gasteiger charge is 2.55. The van der Waals surface area contributed by atoms with E-state index in [2.05, 4.69) is 4.98 Å². The minimum Gasteiger partial charge on any atom is -0.481 e. The van der Waals surface area contributed by atoms with Gasteiger partial charge in [0.25, 0.3) is 5.91 Å². The molecule has 4 rings (SSSR count). The highest BCUT2D eigenvalue weighted by atomic mass is 35.5. The van der Waals surface area contributed by atoms with E-state index in [0.717, 1.165) is 18.2 Å². The van der Waals surface area contributed by atoms with Crippen LogP contribution in [0.25, 0.3) is 10.9 Å². The van der Waals surface area contributed by atoms with Gasteiger partial charge in [-0.25, -0.2) is 4.98 Å². The van der Waals surface area contributed by atoms with Crippen LogP contribution in [0.3, 0.4) is 0 Å². The van der Waals surface area contributed by atoms with Gasteiger partial charge in [-0.15, -0.1) is 0 Å². The van der Waals surface area contributed by atoms with E-state index in [0.29, 0.717) is 29.2 Å². The van der Waals surface area contributed by atoms with Crippen LogP contribution < -0.4 is 0 Å². The molecule has 1 aromatic heterocycles. The molecule has 2 aromatic rings. The predicted molar refractivity (Wildman–Crippen MR) is 90.1 cm³/mol. The molecule has 1 saturated carbocycles. The summed E-state index contributed by atoms with van der Waals surface area (Å²) in [7, 11) is 0. The third-order valence-electron chi connectivity index (χ3n) is 5.46. The Morgan fingerprint density at radius 1 is 1.29 bits per heavy atom. The normalized spacial score (nSPS) is 25.9. The fraction of sp³-hybridized carbons (Fsp3) is 0.389. The molecule has 2 atom stereocenters. The molecule has 0 spiro atoms. The standard InChI is InChI=1S/C18H17ClN2O3/c19-13-5-3-11-4-6-14(20-15(11)8-13)16(22)21-9-12-2-1-7-18(12,10-21)17(23)24/h3-6,8,12H,1-2,7,9-10H2,(H,23,24)/t12-,18+/m0/s1. The zero-order valence-corrected chi connectivity index (χ0v) is 13.8. The lowest BCUT2D eigenvalue weighted by Gasteiger charge is -2.23. The number of hydrogen-bond acceptors (Lipinski definition) is 3. The molecule has 2 fully saturated rings. The van der Waals surface area contributed by atoms with Crippen LogP contribution in [0.1, 0.15) is 29.8 Å². The number of carboxylic acid groups (broad SMARTS) is 1. The Labute approximate surface area is 144 Å². The summed E-state index contributed by atoms with van der Waals surface area (Å²) in [5, 5.41) is 11.1. The van der Waals surface area contributed by atoms with Crippen molar-refractivity contribution in [3.05, 3.63) is 41.0 Å². The summed E-state index contributed by atoms with van der Waals surface area (Å²) in [4.78, 5) is 30.6. The first-order valence-corrected chi connectivity index (χ1v) is 8.46. The number of aromatic nitrogens is 1. The van der Waals surface area contributed by atoms with Gasteiger partial charge in [-0.3, -0.25) is 9.59 Å². The van der Waals surface area contributed by atoms with E-state index in [1.807, 2.05) is 12.1 Å². The first-order valence-electron chi connectivity index (χ1n) is 8.09. The van der Waals surface area contributed by atoms with Gasteiger partial charge in [0, 0.05) is 23.5 Å². The number of carboxylic acids is 1. The lowest BCUT2D eigenvalue weighted by Crippen LogP contribution is -2.37. The lowest BCUT2D eigenvalue weighted by molar-refractivity contribution is -0.149. The quantitative estimate of drug-likeness (QED) is 0.908. The highest BCUT2D eigenvalue weighted by Crippen LogP contribution is 2.49. The molecule has 1 amide bonds. The first kappa shape index (κ1) is 15.4. The molecule has 5 nitrogen and oxygen atoms in total. The molecule has 0 radical (unpaired) electrons. The van der Waals surface area contributed by atoms with Crippen molar-refractivity contribution < 1.29 is 14.7 Å². The Balaban J connectivity index is 1.64. The number of halogens is 1. The lowest BCUT2D eigenvalue weighted by atomic mass is 9.81. The van der Waals surface area contributed by atoms with Crippen LogP contribution in [0.2, 0.25) is 5.02 Å². The number of carbonyl (C=O) groups excluding carboxylic acids is 1. The minimum absolute atomic E-state index is 0.0499. The zero-order valence-electron chi connectivity index (χ0n) is 13.0. The van der Waals surface area contributed by atoms with Gasteiger partial charge in [-0.1, -0.05) is 30.2 Å². The number of fused-ring (bicyclic) bond motifs is 2. The molecule has 0 unspecified atom stereocenters. The number of amides is 1. The number of hydrogen-bond donors (Lipinski definition) is 1. The molecule has 1 aromatic carbocycles. The van der Waals surface area contributed by atoms with Gasteiger partial charge in [0.15, 0.2) is 0 Å².